The Bertz CT molecular complexity index is 25.0. The van der Waals surface area contributed by atoms with Gasteiger partial charge in [-0.3, -0.25) is 0 Å². The van der Waals surface area contributed by atoms with Gasteiger partial charge in [0.25, 0.3) is 0 Å². The average molecular weight is 124 g/mol. The molecule has 0 radical (unpaired) electrons. The van der Waals surface area contributed by atoms with Crippen molar-refractivity contribution in [2.24, 2.45) is 0 Å². The summed E-state index contributed by atoms with van der Waals surface area (Å²) in [4.78, 5) is 0. The van der Waals surface area contributed by atoms with E-state index >= 15 is 0 Å². The third-order valence-corrected chi connectivity index (χ3v) is 1.79. The van der Waals surface area contributed by atoms with Gasteiger partial charge in [0.2, 0.25) is 0 Å². The third kappa shape index (κ3) is 1.38. The van der Waals surface area contributed by atoms with E-state index in [1.807, 2.05) is 0 Å². The van der Waals surface area contributed by atoms with Crippen LogP contribution in [-0.2, 0) is 8.67 Å². The van der Waals surface area contributed by atoms with Gasteiger partial charge in [0, 0.05) is 35.6 Å². The van der Waals surface area contributed by atoms with E-state index in [1.54, 1.807) is 0 Å². The summed E-state index contributed by atoms with van der Waals surface area (Å²) in [6.45, 7) is 0. The summed E-state index contributed by atoms with van der Waals surface area (Å²) in [5.41, 5.74) is 0. The van der Waals surface area contributed by atoms with Crippen LogP contribution in [0.2, 0.25) is 0 Å². The van der Waals surface area contributed by atoms with Crippen LogP contribution in [0.4, 0.5) is 0 Å². The number of hydrogen-bond donors (Lipinski definition) is 0. The lowest BCUT2D eigenvalue weighted by atomic mass is 11.0. The molecule has 1 fully saturated rings. The first-order valence-electron chi connectivity index (χ1n) is 1.58. The van der Waals surface area contributed by atoms with Gasteiger partial charge < -0.3 is 0 Å². The molecule has 1 heterocycles. The van der Waals surface area contributed by atoms with Gasteiger partial charge in [-0.1, -0.05) is 0 Å². The second-order valence-corrected chi connectivity index (χ2v) is 2.34. The van der Waals surface area contributed by atoms with E-state index < -0.39 is 0 Å². The zero-order valence-electron chi connectivity index (χ0n) is 3.05. The van der Waals surface area contributed by atoms with Crippen molar-refractivity contribution in [2.75, 3.05) is 11.5 Å². The van der Waals surface area contributed by atoms with Crippen LogP contribution >= 0.6 is 24.1 Å². The SMILES string of the molecule is C1CSOOS1. The summed E-state index contributed by atoms with van der Waals surface area (Å²) in [7, 11) is 0. The van der Waals surface area contributed by atoms with Crippen LogP contribution in [0.5, 0.6) is 0 Å². The highest BCUT2D eigenvalue weighted by atomic mass is 32.2. The fourth-order valence-electron chi connectivity index (χ4n) is 0.175. The largest absolute Gasteiger partial charge is 0.151 e. The molecule has 0 atom stereocenters. The minimum atomic E-state index is 1.03. The van der Waals surface area contributed by atoms with Crippen molar-refractivity contribution in [1.29, 1.82) is 0 Å². The fourth-order valence-corrected chi connectivity index (χ4v) is 1.17. The molecular formula is C2H4O2S2. The van der Waals surface area contributed by atoms with E-state index in [9.17, 15) is 0 Å². The van der Waals surface area contributed by atoms with Crippen molar-refractivity contribution in [1.82, 2.24) is 0 Å². The molecule has 0 amide bonds. The molecule has 6 heavy (non-hydrogen) atoms. The molecule has 0 aromatic rings. The molecule has 1 rings (SSSR count). The van der Waals surface area contributed by atoms with Crippen LogP contribution in [0.3, 0.4) is 0 Å². The third-order valence-electron chi connectivity index (χ3n) is 0.374. The maximum atomic E-state index is 4.45. The Kier molecular flexibility index (Phi) is 2.18. The van der Waals surface area contributed by atoms with Crippen molar-refractivity contribution in [3.63, 3.8) is 0 Å². The van der Waals surface area contributed by atoms with Gasteiger partial charge in [-0.2, -0.15) is 8.67 Å². The highest BCUT2D eigenvalue weighted by Gasteiger charge is 1.98. The molecule has 0 aliphatic carbocycles. The second kappa shape index (κ2) is 2.74. The Balaban J connectivity index is 2.00. The predicted molar refractivity (Wildman–Crippen MR) is 27.1 cm³/mol. The summed E-state index contributed by atoms with van der Waals surface area (Å²) in [6.07, 6.45) is 0. The van der Waals surface area contributed by atoms with Crippen molar-refractivity contribution >= 4 is 24.1 Å². The first-order valence-corrected chi connectivity index (χ1v) is 3.40. The Morgan fingerprint density at radius 1 is 1.00 bits per heavy atom. The van der Waals surface area contributed by atoms with E-state index in [0.29, 0.717) is 0 Å². The van der Waals surface area contributed by atoms with Crippen LogP contribution in [-0.4, -0.2) is 11.5 Å². The Hall–Kier alpha value is 0.620. The fraction of sp³-hybridized carbons (Fsp3) is 1.00. The first-order chi connectivity index (χ1) is 3.00. The summed E-state index contributed by atoms with van der Waals surface area (Å²) >= 11 is 2.70. The molecule has 4 heteroatoms. The number of hydrogen-bond acceptors (Lipinski definition) is 4. The highest BCUT2D eigenvalue weighted by molar-refractivity contribution is 8.00. The Morgan fingerprint density at radius 3 is 1.67 bits per heavy atom. The zero-order valence-corrected chi connectivity index (χ0v) is 4.68. The summed E-state index contributed by atoms with van der Waals surface area (Å²) in [5.74, 6) is 2.06. The van der Waals surface area contributed by atoms with Crippen molar-refractivity contribution in [3.05, 3.63) is 0 Å². The van der Waals surface area contributed by atoms with Gasteiger partial charge in [-0.05, 0) is 0 Å². The molecule has 0 saturated carbocycles. The van der Waals surface area contributed by atoms with E-state index in [1.165, 1.54) is 24.1 Å². The van der Waals surface area contributed by atoms with Crippen LogP contribution in [0.15, 0.2) is 0 Å². The lowest BCUT2D eigenvalue weighted by Gasteiger charge is -2.03. The minimum Gasteiger partial charge on any atom is -0.151 e. The molecule has 0 unspecified atom stereocenters. The minimum absolute atomic E-state index is 1.03. The summed E-state index contributed by atoms with van der Waals surface area (Å²) < 4.78 is 8.90. The topological polar surface area (TPSA) is 18.5 Å². The molecule has 1 saturated heterocycles. The van der Waals surface area contributed by atoms with Crippen LogP contribution in [0, 0.1) is 0 Å². The highest BCUT2D eigenvalue weighted by Crippen LogP contribution is 2.18. The molecule has 0 spiro atoms. The quantitative estimate of drug-likeness (QED) is 0.357. The Labute approximate surface area is 44.9 Å². The first kappa shape index (κ1) is 4.77. The van der Waals surface area contributed by atoms with Gasteiger partial charge in [-0.15, -0.1) is 0 Å². The lowest BCUT2D eigenvalue weighted by molar-refractivity contribution is -0.0557. The average Bonchev–Trinajstić information content (AvgIpc) is 1.72. The second-order valence-electron chi connectivity index (χ2n) is 0.780. The maximum Gasteiger partial charge on any atom is 0.0344 e. The van der Waals surface area contributed by atoms with Gasteiger partial charge in [0.1, 0.15) is 0 Å². The van der Waals surface area contributed by atoms with Crippen molar-refractivity contribution < 1.29 is 8.67 Å². The van der Waals surface area contributed by atoms with Crippen molar-refractivity contribution in [3.8, 4) is 0 Å². The summed E-state index contributed by atoms with van der Waals surface area (Å²) in [5, 5.41) is 0. The molecule has 0 bridgehead atoms. The van der Waals surface area contributed by atoms with Gasteiger partial charge in [0.15, 0.2) is 0 Å². The number of rotatable bonds is 0. The molecule has 0 aromatic heterocycles. The van der Waals surface area contributed by atoms with E-state index in [2.05, 4.69) is 8.67 Å². The van der Waals surface area contributed by atoms with Crippen molar-refractivity contribution in [2.45, 2.75) is 0 Å². The van der Waals surface area contributed by atoms with E-state index in [0.717, 1.165) is 11.5 Å². The lowest BCUT2D eigenvalue weighted by Crippen LogP contribution is -1.92. The molecule has 1 aliphatic heterocycles. The van der Waals surface area contributed by atoms with Crippen LogP contribution in [0.25, 0.3) is 0 Å². The predicted octanol–water partition coefficient (Wildman–Crippen LogP) is 1.24. The maximum absolute atomic E-state index is 4.45. The molecule has 1 aliphatic rings. The molecular weight excluding hydrogens is 120 g/mol. The van der Waals surface area contributed by atoms with E-state index in [4.69, 9.17) is 0 Å². The van der Waals surface area contributed by atoms with Gasteiger partial charge in [-0.25, -0.2) is 0 Å². The molecule has 2 nitrogen and oxygen atoms in total. The summed E-state index contributed by atoms with van der Waals surface area (Å²) in [6, 6.07) is 0. The molecule has 0 aromatic carbocycles. The van der Waals surface area contributed by atoms with E-state index in [-0.39, 0.29) is 0 Å². The smallest absolute Gasteiger partial charge is 0.0344 e. The standard InChI is InChI=1S/C2H4O2S2/c1-2-6-4-3-5-1/h1-2H2. The van der Waals surface area contributed by atoms with Gasteiger partial charge in [0.05, 0.1) is 0 Å². The molecule has 0 N–H and O–H groups in total. The normalized spacial score (nSPS) is 24.0. The molecule has 36 valence electrons. The zero-order chi connectivity index (χ0) is 4.24. The van der Waals surface area contributed by atoms with Crippen LogP contribution in [0.1, 0.15) is 0 Å². The Morgan fingerprint density at radius 2 is 1.50 bits per heavy atom. The monoisotopic (exact) mass is 124 g/mol. The van der Waals surface area contributed by atoms with Crippen LogP contribution < -0.4 is 0 Å². The van der Waals surface area contributed by atoms with Gasteiger partial charge >= 0.3 is 0 Å².